The van der Waals surface area contributed by atoms with Gasteiger partial charge >= 0.3 is 0 Å². The fraction of sp³-hybridized carbons (Fsp3) is 0.833. The van der Waals surface area contributed by atoms with Crippen molar-refractivity contribution in [3.8, 4) is 0 Å². The summed E-state index contributed by atoms with van der Waals surface area (Å²) in [6.45, 7) is 3.16. The maximum absolute atomic E-state index is 7.37. The van der Waals surface area contributed by atoms with Gasteiger partial charge < -0.3 is 5.73 Å². The monoisotopic (exact) mass is 256 g/mol. The molecule has 1 aromatic heterocycles. The molecule has 1 heterocycles. The summed E-state index contributed by atoms with van der Waals surface area (Å²) in [5, 5.41) is 7.37. The zero-order valence-corrected chi connectivity index (χ0v) is 11.6. The summed E-state index contributed by atoms with van der Waals surface area (Å²) in [6, 6.07) is 0. The molecule has 0 aliphatic heterocycles. The minimum atomic E-state index is 0.307. The molecule has 0 aliphatic rings. The van der Waals surface area contributed by atoms with Gasteiger partial charge in [0.1, 0.15) is 0 Å². The van der Waals surface area contributed by atoms with Crippen LogP contribution in [0.5, 0.6) is 0 Å². The van der Waals surface area contributed by atoms with Crippen molar-refractivity contribution in [1.29, 1.82) is 5.41 Å². The van der Waals surface area contributed by atoms with E-state index in [1.807, 2.05) is 3.96 Å². The number of unbranched alkanes of at least 4 members (excludes halogenated alkanes) is 7. The van der Waals surface area contributed by atoms with E-state index in [4.69, 9.17) is 11.1 Å². The third kappa shape index (κ3) is 5.86. The fourth-order valence-corrected chi connectivity index (χ4v) is 2.58. The van der Waals surface area contributed by atoms with Crippen LogP contribution >= 0.6 is 11.5 Å². The first-order valence-corrected chi connectivity index (χ1v) is 7.39. The molecule has 0 saturated carbocycles. The minimum Gasteiger partial charge on any atom is -0.368 e. The molecule has 0 amide bonds. The lowest BCUT2D eigenvalue weighted by Crippen LogP contribution is -2.01. The molecule has 0 unspecified atom stereocenters. The molecule has 17 heavy (non-hydrogen) atoms. The normalized spacial score (nSPS) is 10.9. The fourth-order valence-electron chi connectivity index (χ4n) is 1.88. The lowest BCUT2D eigenvalue weighted by atomic mass is 10.1. The second-order valence-electron chi connectivity index (χ2n) is 4.44. The molecule has 0 atom stereocenters. The standard InChI is InChI=1S/C12H24N4S/c1-2-3-4-5-6-7-8-9-10-16-11(13)15-12(14)17-16/h2-10H2,1H3,(H3,13,14,15). The summed E-state index contributed by atoms with van der Waals surface area (Å²) < 4.78 is 1.92. The summed E-state index contributed by atoms with van der Waals surface area (Å²) in [5.41, 5.74) is 5.68. The maximum Gasteiger partial charge on any atom is 0.221 e. The number of nitrogens with one attached hydrogen (secondary N) is 1. The van der Waals surface area contributed by atoms with Crippen molar-refractivity contribution >= 4 is 17.5 Å². The van der Waals surface area contributed by atoms with Gasteiger partial charge in [0.05, 0.1) is 0 Å². The largest absolute Gasteiger partial charge is 0.368 e. The third-order valence-corrected chi connectivity index (χ3v) is 3.74. The molecule has 0 aromatic carbocycles. The Labute approximate surface area is 108 Å². The van der Waals surface area contributed by atoms with Crippen LogP contribution in [0.2, 0.25) is 0 Å². The van der Waals surface area contributed by atoms with Gasteiger partial charge in [-0.05, 0) is 18.0 Å². The van der Waals surface area contributed by atoms with E-state index in [1.165, 1.54) is 56.5 Å². The van der Waals surface area contributed by atoms with E-state index in [-0.39, 0.29) is 0 Å². The number of rotatable bonds is 9. The van der Waals surface area contributed by atoms with E-state index in [2.05, 4.69) is 11.9 Å². The van der Waals surface area contributed by atoms with Gasteiger partial charge in [0.2, 0.25) is 10.7 Å². The SMILES string of the molecule is CCCCCCCCCCn1sc(=N)nc1N. The molecule has 0 bridgehead atoms. The van der Waals surface area contributed by atoms with Crippen LogP contribution in [-0.4, -0.2) is 8.94 Å². The number of nitrogen functional groups attached to an aromatic ring is 1. The third-order valence-electron chi connectivity index (χ3n) is 2.88. The maximum atomic E-state index is 7.37. The number of hydrogen-bond acceptors (Lipinski definition) is 4. The van der Waals surface area contributed by atoms with Crippen molar-refractivity contribution < 1.29 is 0 Å². The Morgan fingerprint density at radius 2 is 1.71 bits per heavy atom. The van der Waals surface area contributed by atoms with Crippen LogP contribution in [0.4, 0.5) is 5.95 Å². The molecule has 1 aromatic rings. The Balaban J connectivity index is 2.01. The number of nitrogens with two attached hydrogens (primary N) is 1. The van der Waals surface area contributed by atoms with Gasteiger partial charge in [-0.1, -0.05) is 51.9 Å². The highest BCUT2D eigenvalue weighted by Gasteiger charge is 2.00. The van der Waals surface area contributed by atoms with Gasteiger partial charge in [-0.3, -0.25) is 9.37 Å². The van der Waals surface area contributed by atoms with E-state index in [9.17, 15) is 0 Å². The van der Waals surface area contributed by atoms with E-state index in [0.29, 0.717) is 10.7 Å². The van der Waals surface area contributed by atoms with Crippen molar-refractivity contribution in [2.75, 3.05) is 5.73 Å². The van der Waals surface area contributed by atoms with E-state index in [1.54, 1.807) is 0 Å². The van der Waals surface area contributed by atoms with Crippen molar-refractivity contribution in [2.45, 2.75) is 64.8 Å². The molecule has 0 saturated heterocycles. The van der Waals surface area contributed by atoms with Crippen molar-refractivity contribution in [3.63, 3.8) is 0 Å². The number of aromatic nitrogens is 2. The topological polar surface area (TPSA) is 67.7 Å². The zero-order chi connectivity index (χ0) is 12.5. The Morgan fingerprint density at radius 1 is 1.12 bits per heavy atom. The summed E-state index contributed by atoms with van der Waals surface area (Å²) in [5.74, 6) is 0.489. The lowest BCUT2D eigenvalue weighted by molar-refractivity contribution is 0.555. The summed E-state index contributed by atoms with van der Waals surface area (Å²) in [6.07, 6.45) is 10.5. The summed E-state index contributed by atoms with van der Waals surface area (Å²) in [7, 11) is 0. The second-order valence-corrected chi connectivity index (χ2v) is 5.45. The molecular weight excluding hydrogens is 232 g/mol. The molecule has 4 nitrogen and oxygen atoms in total. The average molecular weight is 256 g/mol. The van der Waals surface area contributed by atoms with Crippen LogP contribution in [-0.2, 0) is 6.54 Å². The molecular formula is C12H24N4S. The predicted molar refractivity (Wildman–Crippen MR) is 73.0 cm³/mol. The van der Waals surface area contributed by atoms with Gasteiger partial charge in [-0.15, -0.1) is 0 Å². The Hall–Kier alpha value is -0.840. The lowest BCUT2D eigenvalue weighted by Gasteiger charge is -2.03. The van der Waals surface area contributed by atoms with Crippen LogP contribution in [0.1, 0.15) is 58.3 Å². The number of aryl methyl sites for hydroxylation is 1. The number of hydrogen-bond donors (Lipinski definition) is 2. The molecule has 3 N–H and O–H groups in total. The highest BCUT2D eigenvalue weighted by molar-refractivity contribution is 7.03. The highest BCUT2D eigenvalue weighted by atomic mass is 32.1. The first-order valence-electron chi connectivity index (χ1n) is 6.62. The van der Waals surface area contributed by atoms with Gasteiger partial charge in [-0.2, -0.15) is 4.98 Å². The van der Waals surface area contributed by atoms with E-state index >= 15 is 0 Å². The minimum absolute atomic E-state index is 0.307. The first kappa shape index (κ1) is 14.2. The number of nitrogens with zero attached hydrogens (tertiary/aromatic N) is 2. The van der Waals surface area contributed by atoms with E-state index < -0.39 is 0 Å². The van der Waals surface area contributed by atoms with Crippen LogP contribution in [0, 0.1) is 5.41 Å². The molecule has 0 radical (unpaired) electrons. The summed E-state index contributed by atoms with van der Waals surface area (Å²) in [4.78, 5) is 4.19. The molecule has 98 valence electrons. The number of anilines is 1. The predicted octanol–water partition coefficient (Wildman–Crippen LogP) is 3.15. The van der Waals surface area contributed by atoms with Crippen LogP contribution < -0.4 is 10.5 Å². The van der Waals surface area contributed by atoms with Crippen molar-refractivity contribution in [3.05, 3.63) is 4.80 Å². The zero-order valence-electron chi connectivity index (χ0n) is 10.7. The molecule has 0 spiro atoms. The quantitative estimate of drug-likeness (QED) is 0.666. The van der Waals surface area contributed by atoms with Gasteiger partial charge in [0.15, 0.2) is 0 Å². The average Bonchev–Trinajstić information content (AvgIpc) is 2.61. The Bertz CT molecular complexity index is 356. The molecule has 0 aliphatic carbocycles. The van der Waals surface area contributed by atoms with Gasteiger partial charge in [0.25, 0.3) is 0 Å². The van der Waals surface area contributed by atoms with Crippen LogP contribution in [0.3, 0.4) is 0 Å². The highest BCUT2D eigenvalue weighted by Crippen LogP contribution is 2.10. The second kappa shape index (κ2) is 8.28. The van der Waals surface area contributed by atoms with Crippen molar-refractivity contribution in [2.24, 2.45) is 0 Å². The van der Waals surface area contributed by atoms with E-state index in [0.717, 1.165) is 13.0 Å². The first-order chi connectivity index (χ1) is 8.24. The Morgan fingerprint density at radius 3 is 2.24 bits per heavy atom. The van der Waals surface area contributed by atoms with Crippen LogP contribution in [0.25, 0.3) is 0 Å². The molecule has 5 heteroatoms. The Kier molecular flexibility index (Phi) is 6.93. The molecule has 1 rings (SSSR count). The smallest absolute Gasteiger partial charge is 0.221 e. The van der Waals surface area contributed by atoms with Crippen molar-refractivity contribution in [1.82, 2.24) is 8.94 Å². The molecule has 0 fully saturated rings. The van der Waals surface area contributed by atoms with Gasteiger partial charge in [0, 0.05) is 6.54 Å². The van der Waals surface area contributed by atoms with Crippen LogP contribution in [0.15, 0.2) is 0 Å². The van der Waals surface area contributed by atoms with Gasteiger partial charge in [-0.25, -0.2) is 0 Å². The summed E-state index contributed by atoms with van der Waals surface area (Å²) >= 11 is 1.34.